The summed E-state index contributed by atoms with van der Waals surface area (Å²) >= 11 is 2.94. The van der Waals surface area contributed by atoms with Crippen molar-refractivity contribution in [1.82, 2.24) is 9.80 Å². The SMILES string of the molecule is CN1CCC(CCN(C)C(=O)Br)C1. The Morgan fingerprint density at radius 1 is 1.69 bits per heavy atom. The van der Waals surface area contributed by atoms with Crippen molar-refractivity contribution in [3.8, 4) is 0 Å². The van der Waals surface area contributed by atoms with Gasteiger partial charge in [0.1, 0.15) is 0 Å². The number of carbonyl (C=O) groups is 1. The third kappa shape index (κ3) is 3.65. The van der Waals surface area contributed by atoms with Gasteiger partial charge >= 0.3 is 0 Å². The first-order chi connectivity index (χ1) is 6.09. The van der Waals surface area contributed by atoms with Crippen LogP contribution < -0.4 is 0 Å². The maximum atomic E-state index is 10.8. The lowest BCUT2D eigenvalue weighted by Gasteiger charge is -2.16. The monoisotopic (exact) mass is 248 g/mol. The van der Waals surface area contributed by atoms with Gasteiger partial charge in [-0.1, -0.05) is 0 Å². The lowest BCUT2D eigenvalue weighted by molar-refractivity contribution is 0.231. The molecule has 1 rings (SSSR count). The highest BCUT2D eigenvalue weighted by molar-refractivity contribution is 9.18. The molecule has 4 heteroatoms. The van der Waals surface area contributed by atoms with Gasteiger partial charge in [-0.25, -0.2) is 0 Å². The minimum atomic E-state index is -0.0150. The van der Waals surface area contributed by atoms with E-state index < -0.39 is 0 Å². The van der Waals surface area contributed by atoms with Crippen molar-refractivity contribution in [1.29, 1.82) is 0 Å². The smallest absolute Gasteiger partial charge is 0.289 e. The largest absolute Gasteiger partial charge is 0.336 e. The molecular weight excluding hydrogens is 232 g/mol. The number of rotatable bonds is 3. The van der Waals surface area contributed by atoms with E-state index in [9.17, 15) is 4.79 Å². The molecule has 0 bridgehead atoms. The molecule has 0 aliphatic carbocycles. The van der Waals surface area contributed by atoms with E-state index in [0.717, 1.165) is 18.9 Å². The van der Waals surface area contributed by atoms with Crippen LogP contribution in [0, 0.1) is 5.92 Å². The maximum Gasteiger partial charge on any atom is 0.289 e. The second-order valence-electron chi connectivity index (χ2n) is 3.88. The molecule has 13 heavy (non-hydrogen) atoms. The normalized spacial score (nSPS) is 23.5. The Morgan fingerprint density at radius 3 is 2.85 bits per heavy atom. The molecular formula is C9H17BrN2O. The fraction of sp³-hybridized carbons (Fsp3) is 0.889. The van der Waals surface area contributed by atoms with Crippen LogP contribution >= 0.6 is 15.9 Å². The lowest BCUT2D eigenvalue weighted by Crippen LogP contribution is -2.24. The third-order valence-electron chi connectivity index (χ3n) is 2.66. The van der Waals surface area contributed by atoms with E-state index in [1.54, 1.807) is 4.90 Å². The molecule has 1 aliphatic rings. The van der Waals surface area contributed by atoms with Crippen LogP contribution in [0.15, 0.2) is 0 Å². The molecule has 1 saturated heterocycles. The quantitative estimate of drug-likeness (QED) is 0.562. The number of hydrogen-bond acceptors (Lipinski definition) is 2. The molecule has 0 spiro atoms. The van der Waals surface area contributed by atoms with Crippen LogP contribution in [0.5, 0.6) is 0 Å². The van der Waals surface area contributed by atoms with Crippen molar-refractivity contribution in [3.05, 3.63) is 0 Å². The average Bonchev–Trinajstić information content (AvgIpc) is 2.47. The molecule has 1 heterocycles. The maximum absolute atomic E-state index is 10.8. The Bertz CT molecular complexity index is 186. The van der Waals surface area contributed by atoms with Crippen molar-refractivity contribution in [2.75, 3.05) is 33.7 Å². The molecule has 0 aromatic rings. The van der Waals surface area contributed by atoms with E-state index in [1.165, 1.54) is 19.5 Å². The third-order valence-corrected chi connectivity index (χ3v) is 3.27. The van der Waals surface area contributed by atoms with Gasteiger partial charge in [0.2, 0.25) is 0 Å². The number of hydrogen-bond donors (Lipinski definition) is 0. The summed E-state index contributed by atoms with van der Waals surface area (Å²) in [4.78, 5) is 14.9. The number of carbonyl (C=O) groups excluding carboxylic acids is 1. The van der Waals surface area contributed by atoms with Gasteiger partial charge in [-0.15, -0.1) is 0 Å². The van der Waals surface area contributed by atoms with Crippen LogP contribution in [0.4, 0.5) is 4.79 Å². The van der Waals surface area contributed by atoms with Crippen LogP contribution in [0.2, 0.25) is 0 Å². The first-order valence-corrected chi connectivity index (χ1v) is 5.48. The average molecular weight is 249 g/mol. The van der Waals surface area contributed by atoms with Gasteiger partial charge in [-0.2, -0.15) is 0 Å². The molecule has 1 aliphatic heterocycles. The molecule has 1 unspecified atom stereocenters. The summed E-state index contributed by atoms with van der Waals surface area (Å²) in [5.74, 6) is 0.777. The van der Waals surface area contributed by atoms with Crippen molar-refractivity contribution in [3.63, 3.8) is 0 Å². The topological polar surface area (TPSA) is 23.6 Å². The molecule has 0 saturated carbocycles. The molecule has 1 fully saturated rings. The summed E-state index contributed by atoms with van der Waals surface area (Å²) in [5, 5.41) is 0. The zero-order chi connectivity index (χ0) is 9.84. The van der Waals surface area contributed by atoms with Crippen molar-refractivity contribution < 1.29 is 4.79 Å². The molecule has 1 amide bonds. The second-order valence-corrected chi connectivity index (χ2v) is 4.56. The van der Waals surface area contributed by atoms with Crippen LogP contribution in [-0.2, 0) is 0 Å². The summed E-state index contributed by atoms with van der Waals surface area (Å²) in [5.41, 5.74) is 0. The summed E-state index contributed by atoms with van der Waals surface area (Å²) < 4.78 is 0. The van der Waals surface area contributed by atoms with Gasteiger partial charge in [0, 0.05) is 36.1 Å². The van der Waals surface area contributed by atoms with Crippen LogP contribution in [0.1, 0.15) is 12.8 Å². The molecule has 0 radical (unpaired) electrons. The van der Waals surface area contributed by atoms with Crippen LogP contribution in [-0.4, -0.2) is 48.3 Å². The first-order valence-electron chi connectivity index (χ1n) is 4.68. The zero-order valence-electron chi connectivity index (χ0n) is 8.29. The molecule has 0 aromatic carbocycles. The summed E-state index contributed by atoms with van der Waals surface area (Å²) in [6.45, 7) is 3.25. The van der Waals surface area contributed by atoms with E-state index in [-0.39, 0.29) is 4.82 Å². The van der Waals surface area contributed by atoms with Gasteiger partial charge in [-0.05, 0) is 32.4 Å². The highest BCUT2D eigenvalue weighted by Crippen LogP contribution is 2.18. The first kappa shape index (κ1) is 11.0. The second kappa shape index (κ2) is 4.96. The Hall–Kier alpha value is -0.0900. The van der Waals surface area contributed by atoms with Gasteiger partial charge in [0.15, 0.2) is 0 Å². The molecule has 0 aromatic heterocycles. The molecule has 3 nitrogen and oxygen atoms in total. The Labute approximate surface area is 88.2 Å². The Morgan fingerprint density at radius 2 is 2.38 bits per heavy atom. The van der Waals surface area contributed by atoms with Crippen LogP contribution in [0.3, 0.4) is 0 Å². The number of nitrogens with zero attached hydrogens (tertiary/aromatic N) is 2. The standard InChI is InChI=1S/C9H17BrN2O/c1-11-5-3-8(7-11)4-6-12(2)9(10)13/h8H,3-7H2,1-2H3. The summed E-state index contributed by atoms with van der Waals surface area (Å²) in [7, 11) is 3.98. The van der Waals surface area contributed by atoms with Crippen LogP contribution in [0.25, 0.3) is 0 Å². The fourth-order valence-electron chi connectivity index (χ4n) is 1.73. The number of halogens is 1. The van der Waals surface area contributed by atoms with Crippen molar-refractivity contribution >= 4 is 20.7 Å². The van der Waals surface area contributed by atoms with Gasteiger partial charge in [-0.3, -0.25) is 4.79 Å². The number of likely N-dealkylation sites (tertiary alicyclic amines) is 1. The van der Waals surface area contributed by atoms with Gasteiger partial charge in [0.25, 0.3) is 4.82 Å². The van der Waals surface area contributed by atoms with E-state index >= 15 is 0 Å². The van der Waals surface area contributed by atoms with E-state index in [0.29, 0.717) is 0 Å². The van der Waals surface area contributed by atoms with E-state index in [1.807, 2.05) is 7.05 Å². The van der Waals surface area contributed by atoms with Gasteiger partial charge in [0.05, 0.1) is 0 Å². The number of amides is 1. The van der Waals surface area contributed by atoms with Crippen molar-refractivity contribution in [2.24, 2.45) is 5.92 Å². The summed E-state index contributed by atoms with van der Waals surface area (Å²) in [6, 6.07) is 0. The Balaban J connectivity index is 2.16. The molecule has 0 N–H and O–H groups in total. The summed E-state index contributed by atoms with van der Waals surface area (Å²) in [6.07, 6.45) is 2.40. The minimum Gasteiger partial charge on any atom is -0.336 e. The zero-order valence-corrected chi connectivity index (χ0v) is 9.88. The lowest BCUT2D eigenvalue weighted by atomic mass is 10.1. The molecule has 76 valence electrons. The van der Waals surface area contributed by atoms with E-state index in [4.69, 9.17) is 0 Å². The van der Waals surface area contributed by atoms with Gasteiger partial charge < -0.3 is 9.80 Å². The fourth-order valence-corrected chi connectivity index (χ4v) is 1.90. The predicted molar refractivity (Wildman–Crippen MR) is 57.2 cm³/mol. The highest BCUT2D eigenvalue weighted by Gasteiger charge is 2.19. The predicted octanol–water partition coefficient (Wildman–Crippen LogP) is 1.77. The molecule has 1 atom stereocenters. The highest BCUT2D eigenvalue weighted by atomic mass is 79.9. The Kier molecular flexibility index (Phi) is 4.19. The van der Waals surface area contributed by atoms with E-state index in [2.05, 4.69) is 27.9 Å². The van der Waals surface area contributed by atoms with Crippen molar-refractivity contribution in [2.45, 2.75) is 12.8 Å². The minimum absolute atomic E-state index is 0.0150.